The standard InChI is InChI=1S/2C14H9.2ClH.Hf/c2*1-2-6-12-10-14-8-4-3-7-13(14)9-11(12)5-1;;;/h2*1-7,9-10H;2*1H;/q2*-1;;;+4/p-2. The molecular formula is C28H18Cl2Hf. The van der Waals surface area contributed by atoms with Crippen LogP contribution in [0.4, 0.5) is 0 Å². The minimum atomic E-state index is 0. The minimum absolute atomic E-state index is 0. The second-order valence-corrected chi connectivity index (χ2v) is 6.91. The van der Waals surface area contributed by atoms with Gasteiger partial charge in [0.05, 0.1) is 0 Å². The Labute approximate surface area is 213 Å². The minimum Gasteiger partial charge on any atom is -1.00 e. The Morgan fingerprint density at radius 3 is 1.10 bits per heavy atom. The van der Waals surface area contributed by atoms with Crippen LogP contribution in [0.25, 0.3) is 43.1 Å². The summed E-state index contributed by atoms with van der Waals surface area (Å²) in [4.78, 5) is 0. The molecule has 0 atom stereocenters. The summed E-state index contributed by atoms with van der Waals surface area (Å²) in [5, 5.41) is 10.0. The molecule has 0 nitrogen and oxygen atoms in total. The van der Waals surface area contributed by atoms with Crippen LogP contribution < -0.4 is 24.8 Å². The van der Waals surface area contributed by atoms with Gasteiger partial charge >= 0.3 is 25.8 Å². The first-order valence-corrected chi connectivity index (χ1v) is 9.45. The average molecular weight is 604 g/mol. The summed E-state index contributed by atoms with van der Waals surface area (Å²) in [6, 6.07) is 44.3. The van der Waals surface area contributed by atoms with Crippen LogP contribution in [0.15, 0.2) is 109 Å². The van der Waals surface area contributed by atoms with Crippen molar-refractivity contribution >= 4 is 43.1 Å². The van der Waals surface area contributed by atoms with Crippen molar-refractivity contribution in [1.82, 2.24) is 0 Å². The van der Waals surface area contributed by atoms with Gasteiger partial charge in [0, 0.05) is 0 Å². The Morgan fingerprint density at radius 2 is 0.710 bits per heavy atom. The third kappa shape index (κ3) is 5.54. The molecule has 0 aromatic heterocycles. The van der Waals surface area contributed by atoms with Crippen LogP contribution in [0.5, 0.6) is 0 Å². The van der Waals surface area contributed by atoms with Gasteiger partial charge in [-0.15, -0.1) is 82.2 Å². The van der Waals surface area contributed by atoms with Gasteiger partial charge < -0.3 is 24.8 Å². The SMILES string of the molecule is [Cl-].[Cl-].[Hf+4].[c-]1cccc2cc3ccccc3cc12.[c-]1cccc2cc3ccccc3cc12. The first-order chi connectivity index (χ1) is 13.9. The first-order valence-electron chi connectivity index (χ1n) is 9.45. The van der Waals surface area contributed by atoms with E-state index in [9.17, 15) is 0 Å². The molecule has 0 saturated heterocycles. The van der Waals surface area contributed by atoms with Crippen LogP contribution in [-0.4, -0.2) is 0 Å². The Kier molecular flexibility index (Phi) is 9.25. The van der Waals surface area contributed by atoms with Gasteiger partial charge in [0.2, 0.25) is 0 Å². The molecule has 6 rings (SSSR count). The van der Waals surface area contributed by atoms with E-state index in [4.69, 9.17) is 0 Å². The van der Waals surface area contributed by atoms with Crippen molar-refractivity contribution in [3.63, 3.8) is 0 Å². The summed E-state index contributed by atoms with van der Waals surface area (Å²) >= 11 is 0. The third-order valence-electron chi connectivity index (χ3n) is 5.06. The molecule has 0 unspecified atom stereocenters. The van der Waals surface area contributed by atoms with Gasteiger partial charge in [-0.05, 0) is 10.8 Å². The summed E-state index contributed by atoms with van der Waals surface area (Å²) in [5.74, 6) is 0. The number of fused-ring (bicyclic) bond motifs is 4. The summed E-state index contributed by atoms with van der Waals surface area (Å²) in [5.41, 5.74) is 0. The molecule has 3 heteroatoms. The van der Waals surface area contributed by atoms with E-state index < -0.39 is 0 Å². The maximum atomic E-state index is 3.24. The average Bonchev–Trinajstić information content (AvgIpc) is 2.76. The van der Waals surface area contributed by atoms with E-state index in [0.29, 0.717) is 0 Å². The molecule has 0 heterocycles. The van der Waals surface area contributed by atoms with E-state index in [0.717, 1.165) is 0 Å². The predicted molar refractivity (Wildman–Crippen MR) is 121 cm³/mol. The van der Waals surface area contributed by atoms with Gasteiger partial charge in [0.25, 0.3) is 0 Å². The number of hydrogen-bond acceptors (Lipinski definition) is 0. The molecule has 6 aromatic carbocycles. The van der Waals surface area contributed by atoms with Crippen LogP contribution in [0.3, 0.4) is 0 Å². The Morgan fingerprint density at radius 1 is 0.387 bits per heavy atom. The molecule has 6 aromatic rings. The molecule has 0 radical (unpaired) electrons. The van der Waals surface area contributed by atoms with Crippen molar-refractivity contribution in [2.24, 2.45) is 0 Å². The molecule has 148 valence electrons. The van der Waals surface area contributed by atoms with Crippen molar-refractivity contribution in [3.8, 4) is 0 Å². The summed E-state index contributed by atoms with van der Waals surface area (Å²) in [6.07, 6.45) is 0. The number of hydrogen-bond donors (Lipinski definition) is 0. The fourth-order valence-corrected chi connectivity index (χ4v) is 3.62. The summed E-state index contributed by atoms with van der Waals surface area (Å²) in [6.45, 7) is 0. The van der Waals surface area contributed by atoms with E-state index in [1.807, 2.05) is 24.3 Å². The van der Waals surface area contributed by atoms with Crippen molar-refractivity contribution in [2.45, 2.75) is 0 Å². The topological polar surface area (TPSA) is 0 Å². The fraction of sp³-hybridized carbons (Fsp3) is 0. The van der Waals surface area contributed by atoms with E-state index in [1.165, 1.54) is 43.1 Å². The van der Waals surface area contributed by atoms with Gasteiger partial charge in [0.1, 0.15) is 0 Å². The zero-order valence-corrected chi connectivity index (χ0v) is 21.8. The Balaban J connectivity index is 0.000000201. The molecule has 0 amide bonds. The smallest absolute Gasteiger partial charge is 1.00 e. The van der Waals surface area contributed by atoms with E-state index in [-0.39, 0.29) is 50.7 Å². The zero-order chi connectivity index (χ0) is 18.8. The van der Waals surface area contributed by atoms with Gasteiger partial charge in [-0.3, -0.25) is 0 Å². The van der Waals surface area contributed by atoms with Crippen molar-refractivity contribution in [1.29, 1.82) is 0 Å². The van der Waals surface area contributed by atoms with E-state index in [1.54, 1.807) is 0 Å². The number of benzene rings is 6. The molecule has 0 aliphatic rings. The van der Waals surface area contributed by atoms with E-state index in [2.05, 4.69) is 97.1 Å². The normalized spacial score (nSPS) is 9.81. The van der Waals surface area contributed by atoms with Crippen LogP contribution in [0, 0.1) is 12.1 Å². The van der Waals surface area contributed by atoms with Gasteiger partial charge in [-0.2, -0.15) is 0 Å². The van der Waals surface area contributed by atoms with Crippen LogP contribution in [0.1, 0.15) is 0 Å². The number of rotatable bonds is 0. The molecule has 0 aliphatic heterocycles. The van der Waals surface area contributed by atoms with Crippen LogP contribution in [-0.2, 0) is 25.8 Å². The molecule has 0 bridgehead atoms. The third-order valence-corrected chi connectivity index (χ3v) is 5.06. The van der Waals surface area contributed by atoms with E-state index >= 15 is 0 Å². The maximum absolute atomic E-state index is 3.24. The van der Waals surface area contributed by atoms with Crippen molar-refractivity contribution in [2.75, 3.05) is 0 Å². The maximum Gasteiger partial charge on any atom is 4.00 e. The molecule has 31 heavy (non-hydrogen) atoms. The molecule has 0 aliphatic carbocycles. The molecule has 0 saturated carbocycles. The van der Waals surface area contributed by atoms with Gasteiger partial charge in [-0.1, -0.05) is 71.4 Å². The van der Waals surface area contributed by atoms with Gasteiger partial charge in [0.15, 0.2) is 0 Å². The quantitative estimate of drug-likeness (QED) is 0.141. The van der Waals surface area contributed by atoms with Crippen LogP contribution >= 0.6 is 0 Å². The second kappa shape index (κ2) is 11.4. The summed E-state index contributed by atoms with van der Waals surface area (Å²) in [7, 11) is 0. The second-order valence-electron chi connectivity index (χ2n) is 6.91. The fourth-order valence-electron chi connectivity index (χ4n) is 3.62. The summed E-state index contributed by atoms with van der Waals surface area (Å²) < 4.78 is 0. The van der Waals surface area contributed by atoms with Crippen LogP contribution in [0.2, 0.25) is 0 Å². The molecule has 0 spiro atoms. The molecule has 0 fully saturated rings. The van der Waals surface area contributed by atoms with Crippen molar-refractivity contribution in [3.05, 3.63) is 121 Å². The first kappa shape index (κ1) is 25.1. The largest absolute Gasteiger partial charge is 4.00 e. The van der Waals surface area contributed by atoms with Gasteiger partial charge in [-0.25, -0.2) is 0 Å². The molecular weight excluding hydrogens is 586 g/mol. The van der Waals surface area contributed by atoms with Crippen molar-refractivity contribution < 1.29 is 50.7 Å². The predicted octanol–water partition coefficient (Wildman–Crippen LogP) is 1.59. The monoisotopic (exact) mass is 604 g/mol. The molecule has 0 N–H and O–H groups in total. The Hall–Kier alpha value is -2.19. The Bertz CT molecular complexity index is 1110. The number of halogens is 2. The zero-order valence-electron chi connectivity index (χ0n) is 16.6.